The number of aromatic nitrogens is 1. The second-order valence-corrected chi connectivity index (χ2v) is 4.15. The lowest BCUT2D eigenvalue weighted by Crippen LogP contribution is -2.25. The van der Waals surface area contributed by atoms with Gasteiger partial charge in [0.15, 0.2) is 0 Å². The van der Waals surface area contributed by atoms with Crippen LogP contribution >= 0.6 is 15.9 Å². The van der Waals surface area contributed by atoms with Crippen molar-refractivity contribution in [3.63, 3.8) is 0 Å². The fourth-order valence-corrected chi connectivity index (χ4v) is 1.37. The Morgan fingerprint density at radius 1 is 1.50 bits per heavy atom. The Balaban J connectivity index is 2.30. The van der Waals surface area contributed by atoms with Crippen molar-refractivity contribution in [2.75, 3.05) is 6.54 Å². The van der Waals surface area contributed by atoms with Crippen LogP contribution in [0.25, 0.3) is 0 Å². The van der Waals surface area contributed by atoms with Crippen molar-refractivity contribution in [1.29, 1.82) is 5.26 Å². The first kappa shape index (κ1) is 12.7. The third kappa shape index (κ3) is 4.41. The molecule has 1 heterocycles. The molecule has 0 aliphatic carbocycles. The smallest absolute Gasteiger partial charge is 0.269 e. The van der Waals surface area contributed by atoms with Gasteiger partial charge >= 0.3 is 0 Å². The van der Waals surface area contributed by atoms with E-state index in [1.54, 1.807) is 18.3 Å². The van der Waals surface area contributed by atoms with Gasteiger partial charge in [-0.1, -0.05) is 0 Å². The molecule has 1 rings (SSSR count). The van der Waals surface area contributed by atoms with Crippen molar-refractivity contribution < 1.29 is 4.79 Å². The first-order valence-electron chi connectivity index (χ1n) is 5.00. The molecule has 5 heteroatoms. The largest absolute Gasteiger partial charge is 0.351 e. The van der Waals surface area contributed by atoms with E-state index in [1.165, 1.54) is 0 Å². The molecular weight excluding hydrogens is 270 g/mol. The van der Waals surface area contributed by atoms with Crippen LogP contribution in [0.5, 0.6) is 0 Å². The molecule has 1 N–H and O–H groups in total. The molecule has 1 aromatic heterocycles. The van der Waals surface area contributed by atoms with Gasteiger partial charge in [0.05, 0.1) is 6.07 Å². The van der Waals surface area contributed by atoms with Gasteiger partial charge in [-0.15, -0.1) is 0 Å². The predicted octanol–water partition coefficient (Wildman–Crippen LogP) is 2.27. The minimum atomic E-state index is -0.176. The molecule has 0 saturated carbocycles. The van der Waals surface area contributed by atoms with Crippen molar-refractivity contribution in [1.82, 2.24) is 10.3 Å². The number of pyridine rings is 1. The first-order valence-corrected chi connectivity index (χ1v) is 5.80. The van der Waals surface area contributed by atoms with Crippen molar-refractivity contribution in [2.45, 2.75) is 19.3 Å². The number of nitriles is 1. The van der Waals surface area contributed by atoms with Gasteiger partial charge in [0, 0.05) is 23.6 Å². The number of amides is 1. The molecule has 1 aromatic rings. The summed E-state index contributed by atoms with van der Waals surface area (Å²) >= 11 is 3.25. The van der Waals surface area contributed by atoms with Crippen LogP contribution in [0.4, 0.5) is 0 Å². The van der Waals surface area contributed by atoms with Crippen LogP contribution in [0.1, 0.15) is 29.8 Å². The maximum absolute atomic E-state index is 11.5. The molecule has 0 radical (unpaired) electrons. The van der Waals surface area contributed by atoms with Gasteiger partial charge in [-0.05, 0) is 40.9 Å². The summed E-state index contributed by atoms with van der Waals surface area (Å²) in [7, 11) is 0. The van der Waals surface area contributed by atoms with Crippen LogP contribution in [-0.2, 0) is 0 Å². The summed E-state index contributed by atoms with van der Waals surface area (Å²) in [6, 6.07) is 5.50. The number of rotatable bonds is 5. The molecule has 1 amide bonds. The maximum Gasteiger partial charge on any atom is 0.269 e. The van der Waals surface area contributed by atoms with E-state index in [-0.39, 0.29) is 5.91 Å². The standard InChI is InChI=1S/C11H12BrN3O/c12-9-4-5-10(15-8-9)11(16)14-7-3-1-2-6-13/h4-5,8H,1-3,7H2,(H,14,16). The summed E-state index contributed by atoms with van der Waals surface area (Å²) in [6.45, 7) is 0.582. The molecule has 4 nitrogen and oxygen atoms in total. The molecule has 0 aliphatic rings. The van der Waals surface area contributed by atoms with Gasteiger partial charge in [-0.25, -0.2) is 4.98 Å². The van der Waals surface area contributed by atoms with Crippen LogP contribution < -0.4 is 5.32 Å². The average Bonchev–Trinajstić information content (AvgIpc) is 2.29. The van der Waals surface area contributed by atoms with Gasteiger partial charge in [-0.3, -0.25) is 4.79 Å². The quantitative estimate of drug-likeness (QED) is 0.842. The van der Waals surface area contributed by atoms with Gasteiger partial charge in [0.1, 0.15) is 5.69 Å². The molecule has 0 bridgehead atoms. The first-order chi connectivity index (χ1) is 7.74. The Labute approximate surface area is 103 Å². The number of carbonyl (C=O) groups is 1. The number of nitrogens with one attached hydrogen (secondary N) is 1. The molecule has 0 saturated heterocycles. The zero-order valence-corrected chi connectivity index (χ0v) is 10.3. The molecule has 0 fully saturated rings. The van der Waals surface area contributed by atoms with Gasteiger partial charge in [-0.2, -0.15) is 5.26 Å². The number of carbonyl (C=O) groups excluding carboxylic acids is 1. The normalized spacial score (nSPS) is 9.50. The number of halogens is 1. The summed E-state index contributed by atoms with van der Waals surface area (Å²) in [5, 5.41) is 11.1. The van der Waals surface area contributed by atoms with E-state index in [9.17, 15) is 4.79 Å². The van der Waals surface area contributed by atoms with E-state index in [4.69, 9.17) is 5.26 Å². The minimum absolute atomic E-state index is 0.176. The highest BCUT2D eigenvalue weighted by Crippen LogP contribution is 2.07. The van der Waals surface area contributed by atoms with E-state index < -0.39 is 0 Å². The number of hydrogen-bond donors (Lipinski definition) is 1. The monoisotopic (exact) mass is 281 g/mol. The summed E-state index contributed by atoms with van der Waals surface area (Å²) in [4.78, 5) is 15.5. The molecule has 0 unspecified atom stereocenters. The number of hydrogen-bond acceptors (Lipinski definition) is 3. The van der Waals surface area contributed by atoms with Crippen LogP contribution in [0.15, 0.2) is 22.8 Å². The Morgan fingerprint density at radius 3 is 2.94 bits per heavy atom. The summed E-state index contributed by atoms with van der Waals surface area (Å²) < 4.78 is 0.845. The third-order valence-electron chi connectivity index (χ3n) is 1.96. The zero-order valence-electron chi connectivity index (χ0n) is 8.74. The Bertz CT molecular complexity index is 383. The Morgan fingerprint density at radius 2 is 2.31 bits per heavy atom. The predicted molar refractivity (Wildman–Crippen MR) is 63.7 cm³/mol. The summed E-state index contributed by atoms with van der Waals surface area (Å²) in [6.07, 6.45) is 3.75. The van der Waals surface area contributed by atoms with E-state index in [0.717, 1.165) is 17.3 Å². The lowest BCUT2D eigenvalue weighted by molar-refractivity contribution is 0.0948. The van der Waals surface area contributed by atoms with E-state index in [0.29, 0.717) is 18.7 Å². The second kappa shape index (κ2) is 6.96. The average molecular weight is 282 g/mol. The molecule has 0 aliphatic heterocycles. The highest BCUT2D eigenvalue weighted by molar-refractivity contribution is 9.10. The molecule has 0 spiro atoms. The third-order valence-corrected chi connectivity index (χ3v) is 2.43. The molecule has 0 aromatic carbocycles. The molecule has 16 heavy (non-hydrogen) atoms. The lowest BCUT2D eigenvalue weighted by Gasteiger charge is -2.03. The van der Waals surface area contributed by atoms with Crippen LogP contribution in [0.2, 0.25) is 0 Å². The highest BCUT2D eigenvalue weighted by Gasteiger charge is 2.05. The maximum atomic E-state index is 11.5. The van der Waals surface area contributed by atoms with Crippen molar-refractivity contribution in [3.05, 3.63) is 28.5 Å². The van der Waals surface area contributed by atoms with Crippen LogP contribution in [0.3, 0.4) is 0 Å². The SMILES string of the molecule is N#CCCCCNC(=O)c1ccc(Br)cn1. The van der Waals surface area contributed by atoms with Crippen molar-refractivity contribution in [3.8, 4) is 6.07 Å². The fourth-order valence-electron chi connectivity index (χ4n) is 1.13. The molecule has 0 atom stereocenters. The highest BCUT2D eigenvalue weighted by atomic mass is 79.9. The van der Waals surface area contributed by atoms with Gasteiger partial charge < -0.3 is 5.32 Å². The summed E-state index contributed by atoms with van der Waals surface area (Å²) in [5.41, 5.74) is 0.406. The van der Waals surface area contributed by atoms with Gasteiger partial charge in [0.2, 0.25) is 0 Å². The van der Waals surface area contributed by atoms with E-state index >= 15 is 0 Å². The van der Waals surface area contributed by atoms with Crippen LogP contribution in [0, 0.1) is 11.3 Å². The van der Waals surface area contributed by atoms with Crippen LogP contribution in [-0.4, -0.2) is 17.4 Å². The molecule has 84 valence electrons. The molecular formula is C11H12BrN3O. The number of nitrogens with zero attached hydrogens (tertiary/aromatic N) is 2. The van der Waals surface area contributed by atoms with Crippen molar-refractivity contribution >= 4 is 21.8 Å². The fraction of sp³-hybridized carbons (Fsp3) is 0.364. The summed E-state index contributed by atoms with van der Waals surface area (Å²) in [5.74, 6) is -0.176. The lowest BCUT2D eigenvalue weighted by atomic mass is 10.2. The second-order valence-electron chi connectivity index (χ2n) is 3.23. The Hall–Kier alpha value is -1.41. The minimum Gasteiger partial charge on any atom is -0.351 e. The number of unbranched alkanes of at least 4 members (excludes halogenated alkanes) is 2. The van der Waals surface area contributed by atoms with Crippen molar-refractivity contribution in [2.24, 2.45) is 0 Å². The van der Waals surface area contributed by atoms with E-state index in [1.807, 2.05) is 0 Å². The zero-order chi connectivity index (χ0) is 11.8. The topological polar surface area (TPSA) is 65.8 Å². The van der Waals surface area contributed by atoms with E-state index in [2.05, 4.69) is 32.3 Å². The van der Waals surface area contributed by atoms with Gasteiger partial charge in [0.25, 0.3) is 5.91 Å². The Kier molecular flexibility index (Phi) is 5.51.